The summed E-state index contributed by atoms with van der Waals surface area (Å²) in [5.74, 6) is -0.546. The Morgan fingerprint density at radius 2 is 2.38 bits per heavy atom. The average molecular weight is 189 g/mol. The van der Waals surface area contributed by atoms with Crippen molar-refractivity contribution in [3.63, 3.8) is 0 Å². The van der Waals surface area contributed by atoms with E-state index in [1.54, 1.807) is 6.92 Å². The van der Waals surface area contributed by atoms with Crippen molar-refractivity contribution in [2.24, 2.45) is 11.5 Å². The Balaban J connectivity index is 2.44. The molecule has 2 atom stereocenters. The molecule has 1 heterocycles. The molecule has 0 aliphatic carbocycles. The normalized spacial score (nSPS) is 28.7. The van der Waals surface area contributed by atoms with E-state index in [9.17, 15) is 9.18 Å². The molecule has 0 aromatic heterocycles. The number of primary amides is 1. The molecule has 0 bridgehead atoms. The van der Waals surface area contributed by atoms with Crippen LogP contribution < -0.4 is 11.5 Å². The molecule has 1 amide bonds. The highest BCUT2D eigenvalue weighted by molar-refractivity contribution is 5.84. The van der Waals surface area contributed by atoms with Gasteiger partial charge in [-0.3, -0.25) is 9.69 Å². The lowest BCUT2D eigenvalue weighted by atomic mass is 10.0. The molecule has 0 saturated carbocycles. The summed E-state index contributed by atoms with van der Waals surface area (Å²) in [6.45, 7) is 2.92. The molecule has 76 valence electrons. The standard InChI is InChI=1S/C8H16FN3O/c1-8(11,7(10)13)5-12-3-2-6(9)4-12/h6H,2-5,11H2,1H3,(H2,10,13). The summed E-state index contributed by atoms with van der Waals surface area (Å²) in [5, 5.41) is 0. The number of carbonyl (C=O) groups is 1. The average Bonchev–Trinajstić information content (AvgIpc) is 2.34. The van der Waals surface area contributed by atoms with Crippen molar-refractivity contribution in [2.45, 2.75) is 25.1 Å². The number of hydrogen-bond acceptors (Lipinski definition) is 3. The van der Waals surface area contributed by atoms with Crippen LogP contribution in [0.5, 0.6) is 0 Å². The van der Waals surface area contributed by atoms with E-state index in [4.69, 9.17) is 11.5 Å². The van der Waals surface area contributed by atoms with Crippen molar-refractivity contribution < 1.29 is 9.18 Å². The van der Waals surface area contributed by atoms with Crippen molar-refractivity contribution in [2.75, 3.05) is 19.6 Å². The van der Waals surface area contributed by atoms with Crippen LogP contribution in [0.25, 0.3) is 0 Å². The van der Waals surface area contributed by atoms with Gasteiger partial charge in [-0.2, -0.15) is 0 Å². The first-order valence-corrected chi connectivity index (χ1v) is 4.37. The van der Waals surface area contributed by atoms with Crippen LogP contribution in [0.3, 0.4) is 0 Å². The molecule has 2 unspecified atom stereocenters. The maximum atomic E-state index is 12.8. The zero-order valence-electron chi connectivity index (χ0n) is 7.79. The molecule has 1 saturated heterocycles. The fraction of sp³-hybridized carbons (Fsp3) is 0.875. The highest BCUT2D eigenvalue weighted by atomic mass is 19.1. The first kappa shape index (κ1) is 10.4. The predicted molar refractivity (Wildman–Crippen MR) is 47.7 cm³/mol. The summed E-state index contributed by atoms with van der Waals surface area (Å²) in [6, 6.07) is 0. The molecule has 1 aliphatic heterocycles. The minimum atomic E-state index is -1.05. The Labute approximate surface area is 77.1 Å². The highest BCUT2D eigenvalue weighted by Gasteiger charge is 2.32. The largest absolute Gasteiger partial charge is 0.368 e. The lowest BCUT2D eigenvalue weighted by Gasteiger charge is -2.26. The maximum Gasteiger partial charge on any atom is 0.238 e. The van der Waals surface area contributed by atoms with Gasteiger partial charge < -0.3 is 11.5 Å². The third-order valence-corrected chi connectivity index (χ3v) is 2.33. The molecule has 0 aromatic carbocycles. The number of alkyl halides is 1. The SMILES string of the molecule is CC(N)(CN1CCC(F)C1)C(N)=O. The van der Waals surface area contributed by atoms with E-state index in [1.807, 2.05) is 4.90 Å². The van der Waals surface area contributed by atoms with Crippen molar-refractivity contribution in [3.8, 4) is 0 Å². The van der Waals surface area contributed by atoms with Crippen LogP contribution >= 0.6 is 0 Å². The second kappa shape index (κ2) is 3.59. The molecule has 0 aromatic rings. The topological polar surface area (TPSA) is 72.3 Å². The molecular weight excluding hydrogens is 173 g/mol. The number of carbonyl (C=O) groups excluding carboxylic acids is 1. The van der Waals surface area contributed by atoms with Crippen LogP contribution in [0.1, 0.15) is 13.3 Å². The summed E-state index contributed by atoms with van der Waals surface area (Å²) < 4.78 is 12.8. The van der Waals surface area contributed by atoms with E-state index in [-0.39, 0.29) is 0 Å². The van der Waals surface area contributed by atoms with Gasteiger partial charge in [-0.05, 0) is 13.3 Å². The fourth-order valence-corrected chi connectivity index (χ4v) is 1.47. The number of likely N-dealkylation sites (tertiary alicyclic amines) is 1. The first-order chi connectivity index (χ1) is 5.92. The molecule has 0 spiro atoms. The Kier molecular flexibility index (Phi) is 2.87. The first-order valence-electron chi connectivity index (χ1n) is 4.37. The highest BCUT2D eigenvalue weighted by Crippen LogP contribution is 2.14. The van der Waals surface area contributed by atoms with E-state index in [0.717, 1.165) is 0 Å². The number of amides is 1. The van der Waals surface area contributed by atoms with Crippen LogP contribution in [-0.2, 0) is 4.79 Å². The molecule has 1 rings (SSSR count). The maximum absolute atomic E-state index is 12.8. The summed E-state index contributed by atoms with van der Waals surface area (Å²) in [4.78, 5) is 12.7. The molecule has 4 nitrogen and oxygen atoms in total. The number of nitrogens with zero attached hydrogens (tertiary/aromatic N) is 1. The molecule has 1 aliphatic rings. The quantitative estimate of drug-likeness (QED) is 0.612. The number of rotatable bonds is 3. The molecular formula is C8H16FN3O. The number of hydrogen-bond donors (Lipinski definition) is 2. The van der Waals surface area contributed by atoms with Crippen LogP contribution in [-0.4, -0.2) is 42.2 Å². The predicted octanol–water partition coefficient (Wildman–Crippen LogP) is -0.767. The van der Waals surface area contributed by atoms with E-state index in [0.29, 0.717) is 26.1 Å². The molecule has 1 fully saturated rings. The Morgan fingerprint density at radius 1 is 1.77 bits per heavy atom. The summed E-state index contributed by atoms with van der Waals surface area (Å²) >= 11 is 0. The zero-order valence-corrected chi connectivity index (χ0v) is 7.79. The second-order valence-corrected chi connectivity index (χ2v) is 3.90. The Hall–Kier alpha value is -0.680. The monoisotopic (exact) mass is 189 g/mol. The fourth-order valence-electron chi connectivity index (χ4n) is 1.47. The van der Waals surface area contributed by atoms with E-state index in [1.165, 1.54) is 0 Å². The molecule has 4 N–H and O–H groups in total. The second-order valence-electron chi connectivity index (χ2n) is 3.90. The lowest BCUT2D eigenvalue weighted by molar-refractivity contribution is -0.123. The minimum Gasteiger partial charge on any atom is -0.368 e. The van der Waals surface area contributed by atoms with E-state index >= 15 is 0 Å². The van der Waals surface area contributed by atoms with Gasteiger partial charge in [0.15, 0.2) is 0 Å². The Bertz CT molecular complexity index is 208. The molecule has 13 heavy (non-hydrogen) atoms. The third kappa shape index (κ3) is 2.63. The van der Waals surface area contributed by atoms with Gasteiger partial charge in [-0.1, -0.05) is 0 Å². The van der Waals surface area contributed by atoms with Gasteiger partial charge in [0.1, 0.15) is 11.7 Å². The van der Waals surface area contributed by atoms with Crippen molar-refractivity contribution in [3.05, 3.63) is 0 Å². The summed E-state index contributed by atoms with van der Waals surface area (Å²) in [5.41, 5.74) is 9.69. The van der Waals surface area contributed by atoms with E-state index in [2.05, 4.69) is 0 Å². The number of nitrogens with two attached hydrogens (primary N) is 2. The summed E-state index contributed by atoms with van der Waals surface area (Å²) in [6.07, 6.45) is -0.266. The van der Waals surface area contributed by atoms with Crippen LogP contribution in [0, 0.1) is 0 Å². The number of halogens is 1. The molecule has 5 heteroatoms. The van der Waals surface area contributed by atoms with E-state index < -0.39 is 17.6 Å². The lowest BCUT2D eigenvalue weighted by Crippen LogP contribution is -2.56. The minimum absolute atomic E-state index is 0.336. The van der Waals surface area contributed by atoms with Crippen LogP contribution in [0.4, 0.5) is 4.39 Å². The van der Waals surface area contributed by atoms with Gasteiger partial charge in [-0.15, -0.1) is 0 Å². The van der Waals surface area contributed by atoms with Gasteiger partial charge >= 0.3 is 0 Å². The third-order valence-electron chi connectivity index (χ3n) is 2.33. The smallest absolute Gasteiger partial charge is 0.238 e. The van der Waals surface area contributed by atoms with Gasteiger partial charge in [-0.25, -0.2) is 4.39 Å². The van der Waals surface area contributed by atoms with Crippen LogP contribution in [0.15, 0.2) is 0 Å². The van der Waals surface area contributed by atoms with Gasteiger partial charge in [0.05, 0.1) is 0 Å². The van der Waals surface area contributed by atoms with Crippen molar-refractivity contribution >= 4 is 5.91 Å². The van der Waals surface area contributed by atoms with Crippen molar-refractivity contribution in [1.82, 2.24) is 4.90 Å². The van der Waals surface area contributed by atoms with Gasteiger partial charge in [0, 0.05) is 19.6 Å². The zero-order chi connectivity index (χ0) is 10.1. The molecule has 0 radical (unpaired) electrons. The van der Waals surface area contributed by atoms with Crippen LogP contribution in [0.2, 0.25) is 0 Å². The van der Waals surface area contributed by atoms with Gasteiger partial charge in [0.25, 0.3) is 0 Å². The summed E-state index contributed by atoms with van der Waals surface area (Å²) in [7, 11) is 0. The van der Waals surface area contributed by atoms with Gasteiger partial charge in [0.2, 0.25) is 5.91 Å². The van der Waals surface area contributed by atoms with Crippen molar-refractivity contribution in [1.29, 1.82) is 0 Å². The Morgan fingerprint density at radius 3 is 2.77 bits per heavy atom.